The summed E-state index contributed by atoms with van der Waals surface area (Å²) in [6.45, 7) is 4.58. The lowest BCUT2D eigenvalue weighted by Gasteiger charge is -2.11. The van der Waals surface area contributed by atoms with Gasteiger partial charge in [0.25, 0.3) is 11.5 Å². The third kappa shape index (κ3) is 3.47. The van der Waals surface area contributed by atoms with E-state index < -0.39 is 0 Å². The van der Waals surface area contributed by atoms with Crippen molar-refractivity contribution in [3.63, 3.8) is 0 Å². The molecule has 0 aliphatic rings. The molecule has 0 spiro atoms. The van der Waals surface area contributed by atoms with E-state index in [4.69, 9.17) is 4.74 Å². The maximum Gasteiger partial charge on any atom is 0.276 e. The third-order valence-electron chi connectivity index (χ3n) is 2.83. The molecule has 0 atom stereocenters. The largest absolute Gasteiger partial charge is 0.492 e. The van der Waals surface area contributed by atoms with Gasteiger partial charge in [-0.1, -0.05) is 12.1 Å². The van der Waals surface area contributed by atoms with Crippen LogP contribution in [0, 0.1) is 0 Å². The summed E-state index contributed by atoms with van der Waals surface area (Å²) in [6, 6.07) is 9.90. The molecule has 0 radical (unpaired) electrons. The molecule has 6 heteroatoms. The van der Waals surface area contributed by atoms with Crippen LogP contribution in [0.3, 0.4) is 0 Å². The van der Waals surface area contributed by atoms with Crippen molar-refractivity contribution in [1.82, 2.24) is 9.78 Å². The minimum Gasteiger partial charge on any atom is -0.492 e. The molecule has 110 valence electrons. The third-order valence-corrected chi connectivity index (χ3v) is 2.83. The average molecular weight is 287 g/mol. The normalized spacial score (nSPS) is 10.2. The van der Waals surface area contributed by atoms with Crippen LogP contribution in [0.5, 0.6) is 5.75 Å². The zero-order chi connectivity index (χ0) is 15.2. The highest BCUT2D eigenvalue weighted by atomic mass is 16.5. The van der Waals surface area contributed by atoms with Gasteiger partial charge in [0.15, 0.2) is 0 Å². The Labute approximate surface area is 122 Å². The SMILES string of the molecule is CCOc1ccccc1NC(=O)c1ccc(=O)n(CC)n1. The Morgan fingerprint density at radius 3 is 2.71 bits per heavy atom. The second kappa shape index (κ2) is 6.69. The maximum atomic E-state index is 12.2. The summed E-state index contributed by atoms with van der Waals surface area (Å²) in [6.07, 6.45) is 0. The Balaban J connectivity index is 2.24. The van der Waals surface area contributed by atoms with Crippen LogP contribution in [-0.2, 0) is 6.54 Å². The molecule has 0 saturated carbocycles. The number of hydrogen-bond donors (Lipinski definition) is 1. The molecule has 2 rings (SSSR count). The van der Waals surface area contributed by atoms with Crippen LogP contribution in [0.2, 0.25) is 0 Å². The minimum atomic E-state index is -0.385. The number of rotatable bonds is 5. The number of nitrogens with zero attached hydrogens (tertiary/aromatic N) is 2. The van der Waals surface area contributed by atoms with Crippen molar-refractivity contribution in [3.05, 3.63) is 52.4 Å². The Morgan fingerprint density at radius 1 is 1.24 bits per heavy atom. The van der Waals surface area contributed by atoms with Gasteiger partial charge in [0.05, 0.1) is 12.3 Å². The van der Waals surface area contributed by atoms with Crippen molar-refractivity contribution in [2.75, 3.05) is 11.9 Å². The summed E-state index contributed by atoms with van der Waals surface area (Å²) < 4.78 is 6.69. The highest BCUT2D eigenvalue weighted by Gasteiger charge is 2.12. The van der Waals surface area contributed by atoms with Gasteiger partial charge < -0.3 is 10.1 Å². The van der Waals surface area contributed by atoms with Crippen molar-refractivity contribution in [2.24, 2.45) is 0 Å². The van der Waals surface area contributed by atoms with E-state index in [-0.39, 0.29) is 17.2 Å². The monoisotopic (exact) mass is 287 g/mol. The Bertz CT molecular complexity index is 695. The lowest BCUT2D eigenvalue weighted by atomic mass is 10.2. The fourth-order valence-corrected chi connectivity index (χ4v) is 1.83. The lowest BCUT2D eigenvalue weighted by molar-refractivity contribution is 0.101. The van der Waals surface area contributed by atoms with E-state index in [0.29, 0.717) is 24.6 Å². The summed E-state index contributed by atoms with van der Waals surface area (Å²) in [5.74, 6) is 0.210. The Kier molecular flexibility index (Phi) is 4.71. The standard InChI is InChI=1S/C15H17N3O3/c1-3-18-14(19)10-9-12(17-18)15(20)16-11-7-5-6-8-13(11)21-4-2/h5-10H,3-4H2,1-2H3,(H,16,20). The van der Waals surface area contributed by atoms with Crippen LogP contribution in [-0.4, -0.2) is 22.3 Å². The van der Waals surface area contributed by atoms with Crippen molar-refractivity contribution in [1.29, 1.82) is 0 Å². The quantitative estimate of drug-likeness (QED) is 0.911. The smallest absolute Gasteiger partial charge is 0.276 e. The number of hydrogen-bond acceptors (Lipinski definition) is 4. The van der Waals surface area contributed by atoms with Crippen LogP contribution in [0.1, 0.15) is 24.3 Å². The molecule has 2 aromatic rings. The molecule has 0 unspecified atom stereocenters. The number of anilines is 1. The zero-order valence-corrected chi connectivity index (χ0v) is 12.0. The zero-order valence-electron chi connectivity index (χ0n) is 12.0. The molecule has 21 heavy (non-hydrogen) atoms. The highest BCUT2D eigenvalue weighted by Crippen LogP contribution is 2.23. The fourth-order valence-electron chi connectivity index (χ4n) is 1.83. The first-order valence-electron chi connectivity index (χ1n) is 6.77. The Morgan fingerprint density at radius 2 is 2.00 bits per heavy atom. The predicted molar refractivity (Wildman–Crippen MR) is 79.7 cm³/mol. The molecular weight excluding hydrogens is 270 g/mol. The predicted octanol–water partition coefficient (Wildman–Crippen LogP) is 1.91. The average Bonchev–Trinajstić information content (AvgIpc) is 2.50. The van der Waals surface area contributed by atoms with E-state index in [1.165, 1.54) is 16.8 Å². The van der Waals surface area contributed by atoms with Crippen LogP contribution in [0.4, 0.5) is 5.69 Å². The van der Waals surface area contributed by atoms with Crippen molar-refractivity contribution in [2.45, 2.75) is 20.4 Å². The molecule has 0 saturated heterocycles. The molecule has 0 aliphatic heterocycles. The van der Waals surface area contributed by atoms with Gasteiger partial charge in [-0.25, -0.2) is 4.68 Å². The summed E-state index contributed by atoms with van der Waals surface area (Å²) >= 11 is 0. The van der Waals surface area contributed by atoms with Crippen molar-refractivity contribution >= 4 is 11.6 Å². The first-order chi connectivity index (χ1) is 10.2. The number of carbonyl (C=O) groups excluding carboxylic acids is 1. The number of aryl methyl sites for hydroxylation is 1. The van der Waals surface area contributed by atoms with E-state index in [1.807, 2.05) is 13.0 Å². The minimum absolute atomic E-state index is 0.183. The second-order valence-electron chi connectivity index (χ2n) is 4.26. The number of aromatic nitrogens is 2. The molecule has 1 N–H and O–H groups in total. The number of para-hydroxylation sites is 2. The molecule has 1 aromatic heterocycles. The maximum absolute atomic E-state index is 12.2. The van der Waals surface area contributed by atoms with Crippen molar-refractivity contribution < 1.29 is 9.53 Å². The van der Waals surface area contributed by atoms with Crippen LogP contribution in [0.15, 0.2) is 41.2 Å². The molecular formula is C15H17N3O3. The van der Waals surface area contributed by atoms with E-state index in [9.17, 15) is 9.59 Å². The van der Waals surface area contributed by atoms with Crippen LogP contribution in [0.25, 0.3) is 0 Å². The van der Waals surface area contributed by atoms with E-state index >= 15 is 0 Å². The number of benzene rings is 1. The van der Waals surface area contributed by atoms with Crippen molar-refractivity contribution in [3.8, 4) is 5.75 Å². The van der Waals surface area contributed by atoms with Crippen LogP contribution < -0.4 is 15.6 Å². The molecule has 0 fully saturated rings. The topological polar surface area (TPSA) is 73.2 Å². The molecule has 0 aliphatic carbocycles. The molecule has 1 heterocycles. The summed E-state index contributed by atoms with van der Waals surface area (Å²) in [5.41, 5.74) is 0.520. The lowest BCUT2D eigenvalue weighted by Crippen LogP contribution is -2.25. The van der Waals surface area contributed by atoms with E-state index in [1.54, 1.807) is 25.1 Å². The summed E-state index contributed by atoms with van der Waals surface area (Å²) in [5, 5.41) is 6.75. The van der Waals surface area contributed by atoms with Gasteiger partial charge in [-0.3, -0.25) is 9.59 Å². The highest BCUT2D eigenvalue weighted by molar-refractivity contribution is 6.03. The number of nitrogens with one attached hydrogen (secondary N) is 1. The summed E-state index contributed by atoms with van der Waals surface area (Å²) in [4.78, 5) is 23.7. The molecule has 1 aromatic carbocycles. The number of carbonyl (C=O) groups is 1. The first kappa shape index (κ1) is 14.8. The molecule has 1 amide bonds. The van der Waals surface area contributed by atoms with Gasteiger partial charge in [0.1, 0.15) is 11.4 Å². The number of ether oxygens (including phenoxy) is 1. The molecule has 0 bridgehead atoms. The molecule has 6 nitrogen and oxygen atoms in total. The van der Waals surface area contributed by atoms with Gasteiger partial charge in [0.2, 0.25) is 0 Å². The van der Waals surface area contributed by atoms with Gasteiger partial charge in [0, 0.05) is 12.6 Å². The second-order valence-corrected chi connectivity index (χ2v) is 4.26. The van der Waals surface area contributed by atoms with Crippen LogP contribution >= 0.6 is 0 Å². The van der Waals surface area contributed by atoms with E-state index in [0.717, 1.165) is 0 Å². The fraction of sp³-hybridized carbons (Fsp3) is 0.267. The Hall–Kier alpha value is -2.63. The number of amides is 1. The van der Waals surface area contributed by atoms with Gasteiger partial charge in [-0.2, -0.15) is 5.10 Å². The first-order valence-corrected chi connectivity index (χ1v) is 6.77. The van der Waals surface area contributed by atoms with E-state index in [2.05, 4.69) is 10.4 Å². The van der Waals surface area contributed by atoms with Gasteiger partial charge in [-0.15, -0.1) is 0 Å². The summed E-state index contributed by atoms with van der Waals surface area (Å²) in [7, 11) is 0. The van der Waals surface area contributed by atoms with Gasteiger partial charge in [-0.05, 0) is 32.0 Å². The van der Waals surface area contributed by atoms with Gasteiger partial charge >= 0.3 is 0 Å².